The molecule has 0 saturated heterocycles. The molecule has 0 aliphatic carbocycles. The van der Waals surface area contributed by atoms with Crippen molar-refractivity contribution in [1.82, 2.24) is 14.4 Å². The van der Waals surface area contributed by atoms with Gasteiger partial charge in [0.15, 0.2) is 0 Å². The number of aromatic nitrogens is 1. The van der Waals surface area contributed by atoms with Crippen molar-refractivity contribution >= 4 is 11.7 Å². The molecule has 1 aromatic heterocycles. The van der Waals surface area contributed by atoms with E-state index < -0.39 is 0 Å². The maximum Gasteiger partial charge on any atom is 0.321 e. The third kappa shape index (κ3) is 4.96. The van der Waals surface area contributed by atoms with Crippen LogP contribution in [0, 0.1) is 0 Å². The van der Waals surface area contributed by atoms with Gasteiger partial charge >= 0.3 is 6.03 Å². The Balaban J connectivity index is 1.95. The van der Waals surface area contributed by atoms with Gasteiger partial charge in [0.1, 0.15) is 0 Å². The lowest BCUT2D eigenvalue weighted by molar-refractivity contribution is 0.220. The summed E-state index contributed by atoms with van der Waals surface area (Å²) in [6, 6.07) is 11.1. The molecule has 6 heteroatoms. The minimum atomic E-state index is -0.249. The Labute approximate surface area is 142 Å². The van der Waals surface area contributed by atoms with Crippen LogP contribution in [0.4, 0.5) is 10.5 Å². The fraction of sp³-hybridized carbons (Fsp3) is 0.333. The molecular formula is C18H24N4O2. The van der Waals surface area contributed by atoms with Crippen molar-refractivity contribution in [3.8, 4) is 0 Å². The Bertz CT molecular complexity index is 750. The van der Waals surface area contributed by atoms with Crippen LogP contribution in [0.25, 0.3) is 0 Å². The summed E-state index contributed by atoms with van der Waals surface area (Å²) in [6.45, 7) is 1.39. The molecule has 0 saturated carbocycles. The average molecular weight is 328 g/mol. The van der Waals surface area contributed by atoms with Gasteiger partial charge in [-0.3, -0.25) is 4.79 Å². The van der Waals surface area contributed by atoms with Crippen LogP contribution in [0.3, 0.4) is 0 Å². The smallest absolute Gasteiger partial charge is 0.321 e. The first kappa shape index (κ1) is 17.7. The summed E-state index contributed by atoms with van der Waals surface area (Å²) in [5.74, 6) is 0. The Kier molecular flexibility index (Phi) is 5.76. The van der Waals surface area contributed by atoms with E-state index in [0.717, 1.165) is 12.1 Å². The van der Waals surface area contributed by atoms with Gasteiger partial charge in [-0.05, 0) is 31.3 Å². The topological polar surface area (TPSA) is 57.6 Å². The lowest BCUT2D eigenvalue weighted by atomic mass is 10.1. The van der Waals surface area contributed by atoms with Crippen LogP contribution in [-0.2, 0) is 20.1 Å². The van der Waals surface area contributed by atoms with Gasteiger partial charge in [0.05, 0.1) is 0 Å². The number of nitrogens with one attached hydrogen (secondary N) is 1. The highest BCUT2D eigenvalue weighted by Crippen LogP contribution is 2.10. The Morgan fingerprint density at radius 1 is 1.04 bits per heavy atom. The summed E-state index contributed by atoms with van der Waals surface area (Å²) in [4.78, 5) is 27.5. The second kappa shape index (κ2) is 7.79. The third-order valence-electron chi connectivity index (χ3n) is 3.64. The van der Waals surface area contributed by atoms with Gasteiger partial charge in [-0.2, -0.15) is 0 Å². The van der Waals surface area contributed by atoms with Crippen molar-refractivity contribution in [2.24, 2.45) is 7.05 Å². The number of pyridine rings is 1. The van der Waals surface area contributed by atoms with Crippen LogP contribution in [0.2, 0.25) is 0 Å². The highest BCUT2D eigenvalue weighted by atomic mass is 16.2. The van der Waals surface area contributed by atoms with Gasteiger partial charge in [0, 0.05) is 45.1 Å². The monoisotopic (exact) mass is 328 g/mol. The number of carbonyl (C=O) groups is 1. The lowest BCUT2D eigenvalue weighted by Gasteiger charge is -2.18. The zero-order chi connectivity index (χ0) is 17.7. The van der Waals surface area contributed by atoms with E-state index in [2.05, 4.69) is 22.3 Å². The highest BCUT2D eigenvalue weighted by molar-refractivity contribution is 5.88. The SMILES string of the molecule is CN(C)Cc1ccc(CN(C)C(=O)Nc2ccn(C)c(=O)c2)cc1. The Morgan fingerprint density at radius 3 is 2.17 bits per heavy atom. The summed E-state index contributed by atoms with van der Waals surface area (Å²) in [5, 5.41) is 2.73. The number of amides is 2. The van der Waals surface area contributed by atoms with Crippen LogP contribution >= 0.6 is 0 Å². The van der Waals surface area contributed by atoms with Gasteiger partial charge in [0.25, 0.3) is 5.56 Å². The van der Waals surface area contributed by atoms with Gasteiger partial charge in [-0.25, -0.2) is 4.79 Å². The molecule has 2 amide bonds. The molecule has 0 spiro atoms. The van der Waals surface area contributed by atoms with E-state index in [1.54, 1.807) is 31.3 Å². The number of aryl methyl sites for hydroxylation is 1. The summed E-state index contributed by atoms with van der Waals surface area (Å²) >= 11 is 0. The second-order valence-electron chi connectivity index (χ2n) is 6.21. The van der Waals surface area contributed by atoms with E-state index in [1.165, 1.54) is 16.2 Å². The molecule has 1 N–H and O–H groups in total. The third-order valence-corrected chi connectivity index (χ3v) is 3.64. The van der Waals surface area contributed by atoms with Crippen LogP contribution in [0.15, 0.2) is 47.4 Å². The summed E-state index contributed by atoms with van der Waals surface area (Å²) in [6.07, 6.45) is 1.63. The molecule has 0 bridgehead atoms. The first-order chi connectivity index (χ1) is 11.3. The minimum Gasteiger partial charge on any atom is -0.323 e. The molecule has 2 aromatic rings. The van der Waals surface area contributed by atoms with E-state index in [0.29, 0.717) is 12.2 Å². The number of rotatable bonds is 5. The van der Waals surface area contributed by atoms with Gasteiger partial charge in [0.2, 0.25) is 0 Å². The second-order valence-corrected chi connectivity index (χ2v) is 6.21. The summed E-state index contributed by atoms with van der Waals surface area (Å²) in [7, 11) is 7.45. The highest BCUT2D eigenvalue weighted by Gasteiger charge is 2.10. The number of hydrogen-bond acceptors (Lipinski definition) is 3. The molecule has 2 rings (SSSR count). The van der Waals surface area contributed by atoms with Crippen LogP contribution in [-0.4, -0.2) is 41.5 Å². The van der Waals surface area contributed by atoms with Crippen LogP contribution in [0.1, 0.15) is 11.1 Å². The minimum absolute atomic E-state index is 0.160. The molecule has 0 atom stereocenters. The number of hydrogen-bond donors (Lipinski definition) is 1. The molecule has 1 heterocycles. The molecular weight excluding hydrogens is 304 g/mol. The quantitative estimate of drug-likeness (QED) is 0.914. The largest absolute Gasteiger partial charge is 0.323 e. The van der Waals surface area contributed by atoms with Crippen molar-refractivity contribution in [2.45, 2.75) is 13.1 Å². The molecule has 24 heavy (non-hydrogen) atoms. The molecule has 128 valence electrons. The molecule has 0 aliphatic rings. The number of carbonyl (C=O) groups excluding carboxylic acids is 1. The summed E-state index contributed by atoms with van der Waals surface area (Å²) in [5.41, 5.74) is 2.62. The fourth-order valence-corrected chi connectivity index (χ4v) is 2.31. The van der Waals surface area contributed by atoms with Crippen molar-refractivity contribution < 1.29 is 4.79 Å². The van der Waals surface area contributed by atoms with E-state index >= 15 is 0 Å². The fourth-order valence-electron chi connectivity index (χ4n) is 2.31. The lowest BCUT2D eigenvalue weighted by Crippen LogP contribution is -2.31. The molecule has 0 fully saturated rings. The maximum atomic E-state index is 12.2. The number of nitrogens with zero attached hydrogens (tertiary/aromatic N) is 3. The summed E-state index contributed by atoms with van der Waals surface area (Å²) < 4.78 is 1.45. The molecule has 0 unspecified atom stereocenters. The number of benzene rings is 1. The standard InChI is InChI=1S/C18H24N4O2/c1-20(2)12-14-5-7-15(8-6-14)13-22(4)18(24)19-16-9-10-21(3)17(23)11-16/h5-11H,12-13H2,1-4H3,(H,19,24). The molecule has 6 nitrogen and oxygen atoms in total. The Hall–Kier alpha value is -2.60. The van der Waals surface area contributed by atoms with Crippen molar-refractivity contribution in [2.75, 3.05) is 26.5 Å². The van der Waals surface area contributed by atoms with Crippen molar-refractivity contribution in [1.29, 1.82) is 0 Å². The number of urea groups is 1. The normalized spacial score (nSPS) is 10.7. The van der Waals surface area contributed by atoms with Crippen molar-refractivity contribution in [3.05, 3.63) is 64.1 Å². The zero-order valence-corrected chi connectivity index (χ0v) is 14.6. The van der Waals surface area contributed by atoms with Crippen LogP contribution in [0.5, 0.6) is 0 Å². The predicted octanol–water partition coefficient (Wildman–Crippen LogP) is 2.11. The van der Waals surface area contributed by atoms with E-state index in [1.807, 2.05) is 26.2 Å². The van der Waals surface area contributed by atoms with Gasteiger partial charge in [-0.1, -0.05) is 24.3 Å². The average Bonchev–Trinajstić information content (AvgIpc) is 2.52. The van der Waals surface area contributed by atoms with Crippen molar-refractivity contribution in [3.63, 3.8) is 0 Å². The maximum absolute atomic E-state index is 12.2. The van der Waals surface area contributed by atoms with Gasteiger partial charge < -0.3 is 19.7 Å². The van der Waals surface area contributed by atoms with Gasteiger partial charge in [-0.15, -0.1) is 0 Å². The number of anilines is 1. The predicted molar refractivity (Wildman–Crippen MR) is 96.0 cm³/mol. The Morgan fingerprint density at radius 2 is 1.62 bits per heavy atom. The zero-order valence-electron chi connectivity index (χ0n) is 14.6. The van der Waals surface area contributed by atoms with E-state index in [-0.39, 0.29) is 11.6 Å². The first-order valence-corrected chi connectivity index (χ1v) is 7.76. The van der Waals surface area contributed by atoms with E-state index in [9.17, 15) is 9.59 Å². The molecule has 0 radical (unpaired) electrons. The first-order valence-electron chi connectivity index (χ1n) is 7.76. The molecule has 0 aliphatic heterocycles. The molecule has 1 aromatic carbocycles. The van der Waals surface area contributed by atoms with Crippen LogP contribution < -0.4 is 10.9 Å². The van der Waals surface area contributed by atoms with E-state index in [4.69, 9.17) is 0 Å².